The summed E-state index contributed by atoms with van der Waals surface area (Å²) in [4.78, 5) is 24.0. The van der Waals surface area contributed by atoms with Gasteiger partial charge in [0.15, 0.2) is 0 Å². The van der Waals surface area contributed by atoms with Gasteiger partial charge in [0.25, 0.3) is 0 Å². The van der Waals surface area contributed by atoms with Crippen LogP contribution >= 0.6 is 0 Å². The van der Waals surface area contributed by atoms with Crippen LogP contribution in [-0.4, -0.2) is 39.1 Å². The molecule has 0 aliphatic carbocycles. The second kappa shape index (κ2) is 9.38. The molecule has 5 rings (SSSR count). The first-order valence-corrected chi connectivity index (χ1v) is 11.4. The molecular weight excluding hydrogens is 442 g/mol. The molecule has 178 valence electrons. The molecule has 0 aliphatic rings. The maximum atomic E-state index is 11.6. The minimum absolute atomic E-state index is 0.0314. The van der Waals surface area contributed by atoms with E-state index in [9.17, 15) is 4.79 Å². The van der Waals surface area contributed by atoms with Gasteiger partial charge < -0.3 is 30.7 Å². The highest BCUT2D eigenvalue weighted by atomic mass is 16.5. The summed E-state index contributed by atoms with van der Waals surface area (Å²) in [5.41, 5.74) is 10.2. The number of aryl methyl sites for hydroxylation is 1. The predicted molar refractivity (Wildman–Crippen MR) is 138 cm³/mol. The topological polar surface area (TPSA) is 123 Å². The molecular formula is C26H27N7O2. The SMILES string of the molecule is COc1ccc2[nH]cc(CCNc3nc(CC(N)=O)cc(Nc4cccc5c4ccn5C)n3)c2c1. The Kier molecular flexibility index (Phi) is 5.97. The summed E-state index contributed by atoms with van der Waals surface area (Å²) in [6.45, 7) is 0.609. The quantitative estimate of drug-likeness (QED) is 0.260. The highest BCUT2D eigenvalue weighted by Gasteiger charge is 2.11. The molecule has 0 atom stereocenters. The highest BCUT2D eigenvalue weighted by molar-refractivity contribution is 5.94. The van der Waals surface area contributed by atoms with Crippen molar-refractivity contribution in [2.24, 2.45) is 12.8 Å². The number of primary amides is 1. The average Bonchev–Trinajstić information content (AvgIpc) is 3.42. The van der Waals surface area contributed by atoms with E-state index in [1.54, 1.807) is 13.2 Å². The van der Waals surface area contributed by atoms with E-state index in [2.05, 4.69) is 42.3 Å². The second-order valence-electron chi connectivity index (χ2n) is 8.40. The number of anilines is 3. The van der Waals surface area contributed by atoms with Crippen molar-refractivity contribution in [3.8, 4) is 5.75 Å². The zero-order valence-electron chi connectivity index (χ0n) is 19.6. The van der Waals surface area contributed by atoms with Crippen LogP contribution < -0.4 is 21.1 Å². The molecule has 3 heterocycles. The molecule has 1 amide bonds. The van der Waals surface area contributed by atoms with Crippen LogP contribution in [0.25, 0.3) is 21.8 Å². The normalized spacial score (nSPS) is 11.1. The molecule has 0 bridgehead atoms. The molecule has 9 nitrogen and oxygen atoms in total. The Balaban J connectivity index is 1.36. The number of methoxy groups -OCH3 is 1. The van der Waals surface area contributed by atoms with E-state index in [0.717, 1.165) is 45.2 Å². The van der Waals surface area contributed by atoms with Crippen molar-refractivity contribution < 1.29 is 9.53 Å². The van der Waals surface area contributed by atoms with Gasteiger partial charge in [-0.05, 0) is 48.4 Å². The lowest BCUT2D eigenvalue weighted by atomic mass is 10.1. The van der Waals surface area contributed by atoms with Gasteiger partial charge in [0, 0.05) is 59.5 Å². The number of fused-ring (bicyclic) bond motifs is 2. The van der Waals surface area contributed by atoms with Gasteiger partial charge in [-0.15, -0.1) is 0 Å². The number of rotatable bonds is 9. The first-order valence-electron chi connectivity index (χ1n) is 11.4. The summed E-state index contributed by atoms with van der Waals surface area (Å²) in [5.74, 6) is 1.40. The van der Waals surface area contributed by atoms with Gasteiger partial charge in [0.05, 0.1) is 19.2 Å². The van der Waals surface area contributed by atoms with Crippen molar-refractivity contribution in [2.75, 3.05) is 24.3 Å². The summed E-state index contributed by atoms with van der Waals surface area (Å²) in [6, 6.07) is 15.8. The lowest BCUT2D eigenvalue weighted by Crippen LogP contribution is -2.16. The molecule has 5 aromatic rings. The zero-order valence-corrected chi connectivity index (χ0v) is 19.6. The number of aromatic nitrogens is 4. The van der Waals surface area contributed by atoms with Crippen LogP contribution in [0.2, 0.25) is 0 Å². The first kappa shape index (κ1) is 22.3. The van der Waals surface area contributed by atoms with E-state index in [0.29, 0.717) is 24.0 Å². The minimum Gasteiger partial charge on any atom is -0.497 e. The largest absolute Gasteiger partial charge is 0.497 e. The maximum absolute atomic E-state index is 11.6. The summed E-state index contributed by atoms with van der Waals surface area (Å²) in [6.07, 6.45) is 4.80. The molecule has 9 heteroatoms. The second-order valence-corrected chi connectivity index (χ2v) is 8.40. The number of nitrogens with zero attached hydrogens (tertiary/aromatic N) is 3. The number of H-pyrrole nitrogens is 1. The number of aromatic amines is 1. The Hall–Kier alpha value is -4.53. The Bertz CT molecular complexity index is 1520. The van der Waals surface area contributed by atoms with Crippen molar-refractivity contribution in [3.63, 3.8) is 0 Å². The van der Waals surface area contributed by atoms with Gasteiger partial charge in [-0.1, -0.05) is 6.07 Å². The van der Waals surface area contributed by atoms with Gasteiger partial charge in [-0.3, -0.25) is 4.79 Å². The third-order valence-corrected chi connectivity index (χ3v) is 5.98. The van der Waals surface area contributed by atoms with Crippen molar-refractivity contribution in [1.29, 1.82) is 0 Å². The molecule has 0 radical (unpaired) electrons. The van der Waals surface area contributed by atoms with Gasteiger partial charge in [-0.25, -0.2) is 4.98 Å². The van der Waals surface area contributed by atoms with Gasteiger partial charge in [0.2, 0.25) is 11.9 Å². The Morgan fingerprint density at radius 1 is 1.14 bits per heavy atom. The standard InChI is InChI=1S/C26H27N7O2/c1-33-11-9-19-22(4-3-5-23(19)33)31-25-13-17(12-24(27)34)30-26(32-25)28-10-8-16-15-29-21-7-6-18(35-2)14-20(16)21/h3-7,9,11,13-15,29H,8,10,12H2,1-2H3,(H2,27,34)(H2,28,30,31,32). The molecule has 0 spiro atoms. The van der Waals surface area contributed by atoms with E-state index in [1.807, 2.05) is 49.8 Å². The fraction of sp³-hybridized carbons (Fsp3) is 0.192. The number of amides is 1. The lowest BCUT2D eigenvalue weighted by Gasteiger charge is -2.12. The molecule has 2 aromatic carbocycles. The van der Waals surface area contributed by atoms with Crippen LogP contribution in [0.3, 0.4) is 0 Å². The molecule has 5 N–H and O–H groups in total. The number of nitrogens with one attached hydrogen (secondary N) is 3. The number of hydrogen-bond donors (Lipinski definition) is 4. The van der Waals surface area contributed by atoms with Crippen LogP contribution in [0.1, 0.15) is 11.3 Å². The predicted octanol–water partition coefficient (Wildman–Crippen LogP) is 3.88. The molecule has 0 saturated carbocycles. The molecule has 0 unspecified atom stereocenters. The Labute approximate surface area is 202 Å². The van der Waals surface area contributed by atoms with E-state index >= 15 is 0 Å². The fourth-order valence-corrected chi connectivity index (χ4v) is 4.26. The Morgan fingerprint density at radius 3 is 2.86 bits per heavy atom. The van der Waals surface area contributed by atoms with Crippen LogP contribution in [0.5, 0.6) is 5.75 Å². The average molecular weight is 470 g/mol. The summed E-state index contributed by atoms with van der Waals surface area (Å²) < 4.78 is 7.42. The third-order valence-electron chi connectivity index (χ3n) is 5.98. The Morgan fingerprint density at radius 2 is 2.03 bits per heavy atom. The van der Waals surface area contributed by atoms with Crippen molar-refractivity contribution in [3.05, 3.63) is 72.2 Å². The zero-order chi connectivity index (χ0) is 24.4. The fourth-order valence-electron chi connectivity index (χ4n) is 4.26. The molecule has 0 fully saturated rings. The van der Waals surface area contributed by atoms with Crippen LogP contribution in [0, 0.1) is 0 Å². The van der Waals surface area contributed by atoms with Crippen LogP contribution in [0.15, 0.2) is 60.9 Å². The van der Waals surface area contributed by atoms with E-state index in [-0.39, 0.29) is 6.42 Å². The van der Waals surface area contributed by atoms with E-state index in [1.165, 1.54) is 0 Å². The number of hydrogen-bond acceptors (Lipinski definition) is 6. The number of carbonyl (C=O) groups excluding carboxylic acids is 1. The number of ether oxygens (including phenoxy) is 1. The molecule has 0 aliphatic heterocycles. The van der Waals surface area contributed by atoms with Crippen molar-refractivity contribution >= 4 is 45.2 Å². The smallest absolute Gasteiger partial charge is 0.224 e. The minimum atomic E-state index is -0.446. The highest BCUT2D eigenvalue weighted by Crippen LogP contribution is 2.27. The van der Waals surface area contributed by atoms with Crippen LogP contribution in [0.4, 0.5) is 17.5 Å². The van der Waals surface area contributed by atoms with Gasteiger partial charge in [0.1, 0.15) is 11.6 Å². The molecule has 3 aromatic heterocycles. The monoisotopic (exact) mass is 469 g/mol. The summed E-state index contributed by atoms with van der Waals surface area (Å²) in [7, 11) is 3.67. The van der Waals surface area contributed by atoms with Crippen LogP contribution in [-0.2, 0) is 24.7 Å². The van der Waals surface area contributed by atoms with E-state index < -0.39 is 5.91 Å². The summed E-state index contributed by atoms with van der Waals surface area (Å²) in [5, 5.41) is 8.87. The number of carbonyl (C=O) groups is 1. The first-order chi connectivity index (χ1) is 17.0. The van der Waals surface area contributed by atoms with E-state index in [4.69, 9.17) is 10.5 Å². The van der Waals surface area contributed by atoms with Gasteiger partial charge in [-0.2, -0.15) is 4.98 Å². The molecule has 35 heavy (non-hydrogen) atoms. The molecule has 0 saturated heterocycles. The van der Waals surface area contributed by atoms with Crippen molar-refractivity contribution in [1.82, 2.24) is 19.5 Å². The van der Waals surface area contributed by atoms with Gasteiger partial charge >= 0.3 is 0 Å². The maximum Gasteiger partial charge on any atom is 0.224 e. The third kappa shape index (κ3) is 4.74. The van der Waals surface area contributed by atoms with Crippen molar-refractivity contribution in [2.45, 2.75) is 12.8 Å². The summed E-state index contributed by atoms with van der Waals surface area (Å²) >= 11 is 0. The lowest BCUT2D eigenvalue weighted by molar-refractivity contribution is -0.117. The number of nitrogens with two attached hydrogens (primary N) is 1. The number of benzene rings is 2.